The number of fused-ring (bicyclic) bond motifs is 10. The van der Waals surface area contributed by atoms with Crippen LogP contribution in [-0.2, 0) is 0 Å². The lowest BCUT2D eigenvalue weighted by atomic mass is 10.1. The maximum Gasteiger partial charge on any atom is 0.266 e. The summed E-state index contributed by atoms with van der Waals surface area (Å²) < 4.78 is 7.25. The van der Waals surface area contributed by atoms with E-state index < -0.39 is 0 Å². The van der Waals surface area contributed by atoms with Crippen LogP contribution < -0.4 is 4.90 Å². The minimum Gasteiger partial charge on any atom is -0.309 e. The van der Waals surface area contributed by atoms with E-state index in [4.69, 9.17) is 0 Å². The zero-order valence-electron chi connectivity index (χ0n) is 26.5. The van der Waals surface area contributed by atoms with E-state index in [0.717, 1.165) is 38.8 Å². The summed E-state index contributed by atoms with van der Waals surface area (Å²) in [7, 11) is 0. The molecule has 1 aliphatic rings. The molecule has 0 bridgehead atoms. The van der Waals surface area contributed by atoms with E-state index in [1.807, 2.05) is 35.6 Å². The molecule has 11 rings (SSSR count). The Morgan fingerprint density at radius 2 is 0.860 bits per heavy atom. The zero-order chi connectivity index (χ0) is 33.1. The van der Waals surface area contributed by atoms with Gasteiger partial charge < -0.3 is 9.13 Å². The summed E-state index contributed by atoms with van der Waals surface area (Å²) in [5.41, 5.74) is 7.97. The van der Waals surface area contributed by atoms with Crippen molar-refractivity contribution in [3.63, 3.8) is 0 Å². The summed E-state index contributed by atoms with van der Waals surface area (Å²) in [4.78, 5) is 27.7. The van der Waals surface area contributed by atoms with Gasteiger partial charge in [-0.05, 0) is 84.9 Å². The summed E-state index contributed by atoms with van der Waals surface area (Å²) >= 11 is 1.83. The second-order valence-corrected chi connectivity index (χ2v) is 14.0. The molecule has 0 N–H and O–H groups in total. The molecular formula is C44H25N3O2S. The number of hydrogen-bond acceptors (Lipinski definition) is 3. The van der Waals surface area contributed by atoms with Crippen molar-refractivity contribution in [3.05, 3.63) is 163 Å². The molecule has 0 saturated carbocycles. The predicted molar refractivity (Wildman–Crippen MR) is 206 cm³/mol. The van der Waals surface area contributed by atoms with Gasteiger partial charge in [-0.3, -0.25) is 9.59 Å². The molecule has 0 fully saturated rings. The third-order valence-corrected chi connectivity index (χ3v) is 11.4. The second-order valence-electron chi connectivity index (χ2n) is 12.9. The summed E-state index contributed by atoms with van der Waals surface area (Å²) in [6, 6.07) is 52.0. The Morgan fingerprint density at radius 1 is 0.360 bits per heavy atom. The predicted octanol–water partition coefficient (Wildman–Crippen LogP) is 11.0. The first-order chi connectivity index (χ1) is 24.6. The number of aromatic nitrogens is 2. The smallest absolute Gasteiger partial charge is 0.266 e. The number of benzene rings is 7. The van der Waals surface area contributed by atoms with E-state index in [0.29, 0.717) is 16.8 Å². The number of nitrogens with zero attached hydrogens (tertiary/aromatic N) is 3. The molecule has 0 atom stereocenters. The van der Waals surface area contributed by atoms with Crippen molar-refractivity contribution in [3.8, 4) is 11.4 Å². The van der Waals surface area contributed by atoms with Gasteiger partial charge >= 0.3 is 0 Å². The van der Waals surface area contributed by atoms with Crippen LogP contribution in [0.25, 0.3) is 75.2 Å². The molecule has 0 aliphatic carbocycles. The van der Waals surface area contributed by atoms with Gasteiger partial charge in [-0.2, -0.15) is 0 Å². The molecular weight excluding hydrogens is 635 g/mol. The first-order valence-electron chi connectivity index (χ1n) is 16.6. The Balaban J connectivity index is 1.14. The van der Waals surface area contributed by atoms with Crippen molar-refractivity contribution in [2.75, 3.05) is 4.90 Å². The first-order valence-corrected chi connectivity index (χ1v) is 17.4. The molecule has 0 saturated heterocycles. The SMILES string of the molecule is O=C1c2ccccc2C(=O)N1c1ccc(-n2c3ccccc3c3cc4c5ccccc5n(-c5ccc6sc7ccccc7c6c5)c4cc32)cc1. The van der Waals surface area contributed by atoms with Gasteiger partial charge in [0.2, 0.25) is 0 Å². The lowest BCUT2D eigenvalue weighted by Gasteiger charge is -2.15. The highest BCUT2D eigenvalue weighted by molar-refractivity contribution is 7.25. The molecule has 5 nitrogen and oxygen atoms in total. The minimum absolute atomic E-state index is 0.293. The molecule has 0 radical (unpaired) electrons. The van der Waals surface area contributed by atoms with Crippen molar-refractivity contribution in [1.82, 2.24) is 9.13 Å². The quantitative estimate of drug-likeness (QED) is 0.177. The number of amides is 2. The highest BCUT2D eigenvalue weighted by atomic mass is 32.1. The van der Waals surface area contributed by atoms with Crippen LogP contribution in [0.2, 0.25) is 0 Å². The Hall–Kier alpha value is -6.50. The lowest BCUT2D eigenvalue weighted by molar-refractivity contribution is 0.0926. The van der Waals surface area contributed by atoms with Gasteiger partial charge in [0.25, 0.3) is 11.8 Å². The van der Waals surface area contributed by atoms with Crippen LogP contribution in [0.3, 0.4) is 0 Å². The van der Waals surface area contributed by atoms with Crippen LogP contribution in [-0.4, -0.2) is 20.9 Å². The molecule has 0 unspecified atom stereocenters. The minimum atomic E-state index is -0.293. The summed E-state index contributed by atoms with van der Waals surface area (Å²) in [6.07, 6.45) is 0. The number of imide groups is 1. The van der Waals surface area contributed by atoms with E-state index in [9.17, 15) is 9.59 Å². The molecule has 6 heteroatoms. The van der Waals surface area contributed by atoms with Crippen LogP contribution in [0.4, 0.5) is 5.69 Å². The first kappa shape index (κ1) is 27.5. The van der Waals surface area contributed by atoms with Crippen molar-refractivity contribution in [2.45, 2.75) is 0 Å². The van der Waals surface area contributed by atoms with Gasteiger partial charge in [-0.1, -0.05) is 66.7 Å². The van der Waals surface area contributed by atoms with E-state index >= 15 is 0 Å². The fourth-order valence-corrected chi connectivity index (χ4v) is 9.10. The van der Waals surface area contributed by atoms with Crippen LogP contribution >= 0.6 is 11.3 Å². The lowest BCUT2D eigenvalue weighted by Crippen LogP contribution is -2.29. The zero-order valence-corrected chi connectivity index (χ0v) is 27.3. The van der Waals surface area contributed by atoms with Crippen molar-refractivity contribution >= 4 is 92.6 Å². The molecule has 4 heterocycles. The maximum absolute atomic E-state index is 13.2. The molecule has 50 heavy (non-hydrogen) atoms. The van der Waals surface area contributed by atoms with Crippen LogP contribution in [0.15, 0.2) is 152 Å². The molecule has 0 spiro atoms. The second kappa shape index (κ2) is 10.0. The number of thiophene rings is 1. The Morgan fingerprint density at radius 3 is 1.52 bits per heavy atom. The highest BCUT2D eigenvalue weighted by Crippen LogP contribution is 2.41. The molecule has 3 aromatic heterocycles. The van der Waals surface area contributed by atoms with Gasteiger partial charge in [0.05, 0.1) is 38.9 Å². The average Bonchev–Trinajstić information content (AvgIpc) is 3.87. The number of hydrogen-bond donors (Lipinski definition) is 0. The normalized spacial score (nSPS) is 13.2. The Kier molecular flexibility index (Phi) is 5.50. The van der Waals surface area contributed by atoms with Gasteiger partial charge in [0, 0.05) is 53.1 Å². The fourth-order valence-electron chi connectivity index (χ4n) is 8.01. The van der Waals surface area contributed by atoms with Gasteiger partial charge in [-0.15, -0.1) is 11.3 Å². The number of carbonyl (C=O) groups excluding carboxylic acids is 2. The van der Waals surface area contributed by atoms with E-state index in [1.165, 1.54) is 41.2 Å². The van der Waals surface area contributed by atoms with Gasteiger partial charge in [-0.25, -0.2) is 4.90 Å². The van der Waals surface area contributed by atoms with E-state index in [1.54, 1.807) is 24.3 Å². The summed E-state index contributed by atoms with van der Waals surface area (Å²) in [6.45, 7) is 0. The number of carbonyl (C=O) groups is 2. The Bertz CT molecular complexity index is 3050. The number of para-hydroxylation sites is 2. The van der Waals surface area contributed by atoms with Crippen LogP contribution in [0.1, 0.15) is 20.7 Å². The number of rotatable bonds is 3. The van der Waals surface area contributed by atoms with E-state index in [2.05, 4.69) is 112 Å². The van der Waals surface area contributed by atoms with Crippen LogP contribution in [0, 0.1) is 0 Å². The standard InChI is InChI=1S/C44H25N3O2S/c48-43-32-12-1-2-13-33(32)44(49)47(43)27-19-17-26(18-20-27)45-37-14-6-3-9-29(37)34-24-35-30-10-4-7-15-38(30)46(40(35)25-39(34)45)28-21-22-42-36(23-28)31-11-5-8-16-41(31)50-42/h1-25H. The Labute approximate surface area is 289 Å². The van der Waals surface area contributed by atoms with Gasteiger partial charge in [0.15, 0.2) is 0 Å². The van der Waals surface area contributed by atoms with E-state index in [-0.39, 0.29) is 11.8 Å². The topological polar surface area (TPSA) is 47.2 Å². The van der Waals surface area contributed by atoms with Crippen molar-refractivity contribution in [1.29, 1.82) is 0 Å². The molecule has 2 amide bonds. The monoisotopic (exact) mass is 659 g/mol. The fraction of sp³-hybridized carbons (Fsp3) is 0. The molecule has 1 aliphatic heterocycles. The largest absolute Gasteiger partial charge is 0.309 e. The third kappa shape index (κ3) is 3.65. The molecule has 7 aromatic carbocycles. The van der Waals surface area contributed by atoms with Crippen LogP contribution in [0.5, 0.6) is 0 Å². The third-order valence-electron chi connectivity index (χ3n) is 10.2. The van der Waals surface area contributed by atoms with Crippen molar-refractivity contribution in [2.24, 2.45) is 0 Å². The number of anilines is 1. The average molecular weight is 660 g/mol. The summed E-state index contributed by atoms with van der Waals surface area (Å²) in [5, 5.41) is 7.29. The van der Waals surface area contributed by atoms with Crippen molar-refractivity contribution < 1.29 is 9.59 Å². The highest BCUT2D eigenvalue weighted by Gasteiger charge is 2.36. The van der Waals surface area contributed by atoms with Gasteiger partial charge in [0.1, 0.15) is 0 Å². The maximum atomic E-state index is 13.2. The summed E-state index contributed by atoms with van der Waals surface area (Å²) in [5.74, 6) is -0.585. The molecule has 10 aromatic rings. The molecule has 234 valence electrons.